The van der Waals surface area contributed by atoms with Crippen molar-refractivity contribution in [1.29, 1.82) is 0 Å². The van der Waals surface area contributed by atoms with Crippen LogP contribution in [0.4, 0.5) is 4.79 Å². The highest BCUT2D eigenvalue weighted by atomic mass is 32.2. The highest BCUT2D eigenvalue weighted by Crippen LogP contribution is 2.22. The molecule has 2 atom stereocenters. The van der Waals surface area contributed by atoms with Crippen LogP contribution in [0.15, 0.2) is 0 Å². The predicted octanol–water partition coefficient (Wildman–Crippen LogP) is -0.219. The monoisotopic (exact) mass is 272 g/mol. The van der Waals surface area contributed by atoms with Crippen LogP contribution in [0.25, 0.3) is 0 Å². The Kier molecular flexibility index (Phi) is 3.56. The summed E-state index contributed by atoms with van der Waals surface area (Å²) in [6, 6.07) is 0.328. The van der Waals surface area contributed by atoms with Crippen molar-refractivity contribution in [3.8, 4) is 0 Å². The zero-order valence-electron chi connectivity index (χ0n) is 10.0. The fraction of sp³-hybridized carbons (Fsp3) is 0.818. The van der Waals surface area contributed by atoms with E-state index in [4.69, 9.17) is 9.47 Å². The Morgan fingerprint density at radius 3 is 3.00 bits per heavy atom. The van der Waals surface area contributed by atoms with Gasteiger partial charge < -0.3 is 9.47 Å². The van der Waals surface area contributed by atoms with Gasteiger partial charge in [0.2, 0.25) is 5.91 Å². The van der Waals surface area contributed by atoms with Gasteiger partial charge in [0.15, 0.2) is 0 Å². The number of hydrogen-bond donors (Lipinski definition) is 0. The second-order valence-corrected chi connectivity index (χ2v) is 5.66. The summed E-state index contributed by atoms with van der Waals surface area (Å²) in [6.07, 6.45) is -0.0639. The molecule has 3 rings (SSSR count). The Morgan fingerprint density at radius 1 is 1.33 bits per heavy atom. The van der Waals surface area contributed by atoms with E-state index in [9.17, 15) is 9.59 Å². The molecule has 0 saturated carbocycles. The van der Waals surface area contributed by atoms with Crippen LogP contribution in [-0.2, 0) is 14.3 Å². The van der Waals surface area contributed by atoms with Crippen LogP contribution in [0.5, 0.6) is 0 Å². The maximum Gasteiger partial charge on any atom is 0.288 e. The molecule has 3 fully saturated rings. The molecule has 0 aromatic carbocycles. The van der Waals surface area contributed by atoms with Gasteiger partial charge in [0.1, 0.15) is 0 Å². The summed E-state index contributed by atoms with van der Waals surface area (Å²) in [5.41, 5.74) is 0. The van der Waals surface area contributed by atoms with Crippen LogP contribution >= 0.6 is 11.8 Å². The number of hydrogen-bond acceptors (Lipinski definition) is 6. The zero-order valence-corrected chi connectivity index (χ0v) is 10.9. The van der Waals surface area contributed by atoms with Gasteiger partial charge in [-0.25, -0.2) is 0 Å². The highest BCUT2D eigenvalue weighted by molar-refractivity contribution is 8.14. The number of amides is 2. The van der Waals surface area contributed by atoms with E-state index in [0.29, 0.717) is 25.8 Å². The van der Waals surface area contributed by atoms with Crippen LogP contribution in [0.1, 0.15) is 0 Å². The lowest BCUT2D eigenvalue weighted by Gasteiger charge is -2.42. The molecule has 18 heavy (non-hydrogen) atoms. The third-order valence-corrected chi connectivity index (χ3v) is 4.40. The lowest BCUT2D eigenvalue weighted by molar-refractivity contribution is -0.134. The first kappa shape index (κ1) is 12.4. The maximum absolute atomic E-state index is 11.5. The molecule has 0 aliphatic carbocycles. The molecule has 0 radical (unpaired) electrons. The average Bonchev–Trinajstić information content (AvgIpc) is 2.70. The summed E-state index contributed by atoms with van der Waals surface area (Å²) in [5.74, 6) is 0.170. The number of thioether (sulfide) groups is 1. The number of carbonyl (C=O) groups is 2. The second kappa shape index (κ2) is 5.16. The van der Waals surface area contributed by atoms with Gasteiger partial charge >= 0.3 is 0 Å². The first-order valence-corrected chi connectivity index (χ1v) is 7.13. The summed E-state index contributed by atoms with van der Waals surface area (Å²) < 4.78 is 11.1. The van der Waals surface area contributed by atoms with Gasteiger partial charge in [-0.15, -0.1) is 0 Å². The van der Waals surface area contributed by atoms with Crippen molar-refractivity contribution in [2.24, 2.45) is 0 Å². The number of carbonyl (C=O) groups excluding carboxylic acids is 2. The standard InChI is InChI=1S/C11H16N2O4S/c14-10-7-18-11(15)13(10)4-9-3-12-1-2-16-5-8(12)6-17-9/h8-9H,1-7H2/t8-,9-/m0/s1. The van der Waals surface area contributed by atoms with Gasteiger partial charge in [-0.1, -0.05) is 11.8 Å². The van der Waals surface area contributed by atoms with Gasteiger partial charge in [-0.2, -0.15) is 0 Å². The number of imide groups is 1. The fourth-order valence-corrected chi connectivity index (χ4v) is 3.25. The highest BCUT2D eigenvalue weighted by Gasteiger charge is 2.36. The maximum atomic E-state index is 11.5. The minimum Gasteiger partial charge on any atom is -0.378 e. The molecule has 3 heterocycles. The minimum atomic E-state index is -0.146. The van der Waals surface area contributed by atoms with Crippen LogP contribution in [0, 0.1) is 0 Å². The van der Waals surface area contributed by atoms with Gasteiger partial charge in [0, 0.05) is 13.1 Å². The number of nitrogens with zero attached hydrogens (tertiary/aromatic N) is 2. The third-order valence-electron chi connectivity index (χ3n) is 3.54. The van der Waals surface area contributed by atoms with E-state index < -0.39 is 0 Å². The Morgan fingerprint density at radius 2 is 2.22 bits per heavy atom. The zero-order chi connectivity index (χ0) is 12.5. The van der Waals surface area contributed by atoms with Crippen molar-refractivity contribution in [3.63, 3.8) is 0 Å². The molecule has 0 unspecified atom stereocenters. The predicted molar refractivity (Wildman–Crippen MR) is 65.5 cm³/mol. The number of rotatable bonds is 2. The summed E-state index contributed by atoms with van der Waals surface area (Å²) in [4.78, 5) is 26.7. The smallest absolute Gasteiger partial charge is 0.288 e. The van der Waals surface area contributed by atoms with Crippen LogP contribution in [0.2, 0.25) is 0 Å². The van der Waals surface area contributed by atoms with E-state index in [1.165, 1.54) is 4.90 Å². The molecular weight excluding hydrogens is 256 g/mol. The second-order valence-electron chi connectivity index (χ2n) is 4.74. The first-order chi connectivity index (χ1) is 8.74. The Labute approximate surface area is 110 Å². The first-order valence-electron chi connectivity index (χ1n) is 6.14. The molecule has 0 N–H and O–H groups in total. The largest absolute Gasteiger partial charge is 0.378 e. The minimum absolute atomic E-state index is 0.0639. The lowest BCUT2D eigenvalue weighted by Crippen LogP contribution is -2.57. The molecule has 0 spiro atoms. The summed E-state index contributed by atoms with van der Waals surface area (Å²) in [7, 11) is 0. The Bertz CT molecular complexity index is 349. The molecule has 3 saturated heterocycles. The van der Waals surface area contributed by atoms with E-state index in [2.05, 4.69) is 4.90 Å². The van der Waals surface area contributed by atoms with E-state index in [1.807, 2.05) is 0 Å². The summed E-state index contributed by atoms with van der Waals surface area (Å²) in [5, 5.41) is -0.146. The SMILES string of the molecule is O=C1CSC(=O)N1C[C@@H]1CN2CCOC[C@H]2CO1. The lowest BCUT2D eigenvalue weighted by atomic mass is 10.1. The van der Waals surface area contributed by atoms with Gasteiger partial charge in [-0.05, 0) is 0 Å². The number of morpholine rings is 2. The van der Waals surface area contributed by atoms with Crippen LogP contribution < -0.4 is 0 Å². The topological polar surface area (TPSA) is 59.1 Å². The van der Waals surface area contributed by atoms with Crippen molar-refractivity contribution in [2.75, 3.05) is 45.2 Å². The van der Waals surface area contributed by atoms with E-state index in [-0.39, 0.29) is 23.0 Å². The van der Waals surface area contributed by atoms with Gasteiger partial charge in [0.05, 0.1) is 44.3 Å². The molecule has 100 valence electrons. The van der Waals surface area contributed by atoms with Gasteiger partial charge in [-0.3, -0.25) is 19.4 Å². The van der Waals surface area contributed by atoms with Crippen molar-refractivity contribution in [1.82, 2.24) is 9.80 Å². The molecule has 3 aliphatic rings. The molecule has 0 aromatic heterocycles. The molecular formula is C11H16N2O4S. The number of ether oxygens (including phenoxy) is 2. The molecule has 2 amide bonds. The quantitative estimate of drug-likeness (QED) is 0.693. The van der Waals surface area contributed by atoms with Crippen molar-refractivity contribution in [3.05, 3.63) is 0 Å². The van der Waals surface area contributed by atoms with E-state index >= 15 is 0 Å². The summed E-state index contributed by atoms with van der Waals surface area (Å²) in [6.45, 7) is 4.14. The van der Waals surface area contributed by atoms with E-state index in [1.54, 1.807) is 0 Å². The fourth-order valence-electron chi connectivity index (χ4n) is 2.52. The average molecular weight is 272 g/mol. The van der Waals surface area contributed by atoms with Crippen LogP contribution in [-0.4, -0.2) is 78.3 Å². The molecule has 6 nitrogen and oxygen atoms in total. The molecule has 0 aromatic rings. The van der Waals surface area contributed by atoms with Gasteiger partial charge in [0.25, 0.3) is 5.24 Å². The van der Waals surface area contributed by atoms with Crippen LogP contribution in [0.3, 0.4) is 0 Å². The normalized spacial score (nSPS) is 33.9. The summed E-state index contributed by atoms with van der Waals surface area (Å²) >= 11 is 1.07. The number of fused-ring (bicyclic) bond motifs is 1. The molecule has 3 aliphatic heterocycles. The third kappa shape index (κ3) is 2.40. The van der Waals surface area contributed by atoms with Crippen molar-refractivity contribution >= 4 is 22.9 Å². The molecule has 7 heteroatoms. The Hall–Kier alpha value is -0.630. The van der Waals surface area contributed by atoms with Crippen molar-refractivity contribution < 1.29 is 19.1 Å². The molecule has 0 bridgehead atoms. The Balaban J connectivity index is 1.57. The van der Waals surface area contributed by atoms with Crippen molar-refractivity contribution in [2.45, 2.75) is 12.1 Å². The van der Waals surface area contributed by atoms with E-state index in [0.717, 1.165) is 31.5 Å².